The maximum absolute atomic E-state index is 13.2. The molecule has 1 aromatic heterocycles. The van der Waals surface area contributed by atoms with Crippen LogP contribution in [-0.4, -0.2) is 22.5 Å². The van der Waals surface area contributed by atoms with Crippen LogP contribution in [0.15, 0.2) is 18.6 Å². The van der Waals surface area contributed by atoms with Gasteiger partial charge in [-0.05, 0) is 6.92 Å². The van der Waals surface area contributed by atoms with Gasteiger partial charge in [0.25, 0.3) is 0 Å². The number of rotatable bonds is 3. The first kappa shape index (κ1) is 10.5. The Morgan fingerprint density at radius 2 is 2.29 bits per heavy atom. The fourth-order valence-corrected chi connectivity index (χ4v) is 0.788. The molecular formula is C8H8F2N2O2. The Morgan fingerprint density at radius 3 is 2.79 bits per heavy atom. The van der Waals surface area contributed by atoms with Gasteiger partial charge in [0.05, 0.1) is 12.8 Å². The summed E-state index contributed by atoms with van der Waals surface area (Å²) in [6, 6.07) is 0. The molecule has 0 amide bonds. The zero-order chi connectivity index (χ0) is 10.6. The zero-order valence-corrected chi connectivity index (χ0v) is 7.41. The summed E-state index contributed by atoms with van der Waals surface area (Å²) in [6.45, 7) is 1.35. The first-order valence-electron chi connectivity index (χ1n) is 3.90. The molecule has 0 fully saturated rings. The Labute approximate surface area is 78.9 Å². The molecule has 0 unspecified atom stereocenters. The van der Waals surface area contributed by atoms with Gasteiger partial charge in [0.2, 0.25) is 0 Å². The van der Waals surface area contributed by atoms with Crippen molar-refractivity contribution < 1.29 is 18.3 Å². The minimum Gasteiger partial charge on any atom is -0.461 e. The van der Waals surface area contributed by atoms with Gasteiger partial charge >= 0.3 is 11.9 Å². The highest BCUT2D eigenvalue weighted by Crippen LogP contribution is 2.26. The first-order valence-corrected chi connectivity index (χ1v) is 3.90. The van der Waals surface area contributed by atoms with Crippen molar-refractivity contribution in [1.82, 2.24) is 9.97 Å². The van der Waals surface area contributed by atoms with Crippen LogP contribution in [0.3, 0.4) is 0 Å². The molecule has 0 atom stereocenters. The molecule has 0 aromatic carbocycles. The SMILES string of the molecule is CCOC(=O)C(F)(F)c1cnccn1. The topological polar surface area (TPSA) is 52.1 Å². The second-order valence-corrected chi connectivity index (χ2v) is 2.39. The summed E-state index contributed by atoms with van der Waals surface area (Å²) >= 11 is 0. The van der Waals surface area contributed by atoms with Crippen LogP contribution in [0.25, 0.3) is 0 Å². The molecule has 6 heteroatoms. The normalized spacial score (nSPS) is 11.1. The third-order valence-electron chi connectivity index (χ3n) is 1.42. The molecule has 0 aliphatic rings. The van der Waals surface area contributed by atoms with Crippen molar-refractivity contribution in [3.8, 4) is 0 Å². The molecule has 0 spiro atoms. The van der Waals surface area contributed by atoms with Gasteiger partial charge in [0.1, 0.15) is 5.69 Å². The number of aromatic nitrogens is 2. The van der Waals surface area contributed by atoms with E-state index in [0.29, 0.717) is 0 Å². The second-order valence-electron chi connectivity index (χ2n) is 2.39. The Balaban J connectivity index is 2.90. The van der Waals surface area contributed by atoms with E-state index in [2.05, 4.69) is 14.7 Å². The molecule has 4 nitrogen and oxygen atoms in total. The second kappa shape index (κ2) is 4.08. The number of alkyl halides is 2. The third-order valence-corrected chi connectivity index (χ3v) is 1.42. The Morgan fingerprint density at radius 1 is 1.57 bits per heavy atom. The predicted molar refractivity (Wildman–Crippen MR) is 42.6 cm³/mol. The number of ether oxygens (including phenoxy) is 1. The fraction of sp³-hybridized carbons (Fsp3) is 0.375. The van der Waals surface area contributed by atoms with Gasteiger partial charge in [-0.25, -0.2) is 4.79 Å². The molecule has 1 heterocycles. The van der Waals surface area contributed by atoms with Crippen molar-refractivity contribution in [2.24, 2.45) is 0 Å². The van der Waals surface area contributed by atoms with Gasteiger partial charge < -0.3 is 4.74 Å². The minimum atomic E-state index is -3.73. The highest BCUT2D eigenvalue weighted by molar-refractivity contribution is 5.78. The Hall–Kier alpha value is -1.59. The van der Waals surface area contributed by atoms with Gasteiger partial charge in [-0.15, -0.1) is 0 Å². The third kappa shape index (κ3) is 2.01. The van der Waals surface area contributed by atoms with E-state index in [-0.39, 0.29) is 6.61 Å². The maximum Gasteiger partial charge on any atom is 0.385 e. The van der Waals surface area contributed by atoms with E-state index in [1.807, 2.05) is 0 Å². The van der Waals surface area contributed by atoms with Crippen LogP contribution >= 0.6 is 0 Å². The van der Waals surface area contributed by atoms with Crippen molar-refractivity contribution in [3.63, 3.8) is 0 Å². The van der Waals surface area contributed by atoms with E-state index >= 15 is 0 Å². The number of carbonyl (C=O) groups excluding carboxylic acids is 1. The molecule has 0 saturated carbocycles. The van der Waals surface area contributed by atoms with Crippen LogP contribution in [0.1, 0.15) is 12.6 Å². The number of esters is 1. The fourth-order valence-electron chi connectivity index (χ4n) is 0.788. The van der Waals surface area contributed by atoms with E-state index < -0.39 is 17.6 Å². The van der Waals surface area contributed by atoms with Gasteiger partial charge in [-0.1, -0.05) is 0 Å². The summed E-state index contributed by atoms with van der Waals surface area (Å²) in [7, 11) is 0. The molecule has 14 heavy (non-hydrogen) atoms. The van der Waals surface area contributed by atoms with Crippen molar-refractivity contribution in [2.45, 2.75) is 12.8 Å². The van der Waals surface area contributed by atoms with Crippen LogP contribution in [0.4, 0.5) is 8.78 Å². The number of halogens is 2. The van der Waals surface area contributed by atoms with E-state index in [9.17, 15) is 13.6 Å². The largest absolute Gasteiger partial charge is 0.461 e. The monoisotopic (exact) mass is 202 g/mol. The number of carbonyl (C=O) groups is 1. The number of nitrogens with zero attached hydrogens (tertiary/aromatic N) is 2. The summed E-state index contributed by atoms with van der Waals surface area (Å²) in [5.41, 5.74) is -0.710. The lowest BCUT2D eigenvalue weighted by molar-refractivity contribution is -0.173. The summed E-state index contributed by atoms with van der Waals surface area (Å²) in [4.78, 5) is 17.6. The molecular weight excluding hydrogens is 194 g/mol. The van der Waals surface area contributed by atoms with Gasteiger partial charge in [0.15, 0.2) is 0 Å². The quantitative estimate of drug-likeness (QED) is 0.689. The van der Waals surface area contributed by atoms with Gasteiger partial charge in [-0.2, -0.15) is 8.78 Å². The average Bonchev–Trinajstić information content (AvgIpc) is 2.19. The summed E-state index contributed by atoms with van der Waals surface area (Å²) in [6.07, 6.45) is 3.16. The van der Waals surface area contributed by atoms with Crippen LogP contribution < -0.4 is 0 Å². The minimum absolute atomic E-state index is 0.102. The molecule has 0 saturated heterocycles. The van der Waals surface area contributed by atoms with E-state index in [0.717, 1.165) is 12.4 Å². The molecule has 76 valence electrons. The highest BCUT2D eigenvalue weighted by atomic mass is 19.3. The highest BCUT2D eigenvalue weighted by Gasteiger charge is 2.44. The Kier molecular flexibility index (Phi) is 3.06. The van der Waals surface area contributed by atoms with E-state index in [1.54, 1.807) is 0 Å². The lowest BCUT2D eigenvalue weighted by Crippen LogP contribution is -2.29. The van der Waals surface area contributed by atoms with Crippen molar-refractivity contribution >= 4 is 5.97 Å². The van der Waals surface area contributed by atoms with Crippen LogP contribution in [0.2, 0.25) is 0 Å². The van der Waals surface area contributed by atoms with Gasteiger partial charge in [0, 0.05) is 12.4 Å². The molecule has 0 radical (unpaired) electrons. The van der Waals surface area contributed by atoms with Gasteiger partial charge in [-0.3, -0.25) is 9.97 Å². The molecule has 1 aromatic rings. The molecule has 0 N–H and O–H groups in total. The maximum atomic E-state index is 13.2. The molecule has 0 aliphatic carbocycles. The smallest absolute Gasteiger partial charge is 0.385 e. The van der Waals surface area contributed by atoms with Crippen LogP contribution in [0, 0.1) is 0 Å². The van der Waals surface area contributed by atoms with Crippen molar-refractivity contribution in [3.05, 3.63) is 24.3 Å². The van der Waals surface area contributed by atoms with Crippen molar-refractivity contribution in [2.75, 3.05) is 6.61 Å². The molecule has 0 aliphatic heterocycles. The van der Waals surface area contributed by atoms with Crippen molar-refractivity contribution in [1.29, 1.82) is 0 Å². The van der Waals surface area contributed by atoms with Crippen LogP contribution in [-0.2, 0) is 15.5 Å². The predicted octanol–water partition coefficient (Wildman–Crippen LogP) is 1.13. The lowest BCUT2D eigenvalue weighted by Gasteiger charge is -2.12. The van der Waals surface area contributed by atoms with E-state index in [1.165, 1.54) is 13.1 Å². The number of hydrogen-bond acceptors (Lipinski definition) is 4. The van der Waals surface area contributed by atoms with Crippen LogP contribution in [0.5, 0.6) is 0 Å². The molecule has 1 rings (SSSR count). The Bertz CT molecular complexity index is 316. The first-order chi connectivity index (χ1) is 6.59. The summed E-state index contributed by atoms with van der Waals surface area (Å²) in [5, 5.41) is 0. The average molecular weight is 202 g/mol. The number of hydrogen-bond donors (Lipinski definition) is 0. The summed E-state index contributed by atoms with van der Waals surface area (Å²) < 4.78 is 30.5. The lowest BCUT2D eigenvalue weighted by atomic mass is 10.2. The standard InChI is InChI=1S/C8H8F2N2O2/c1-2-14-7(13)8(9,10)6-5-11-3-4-12-6/h3-5H,2H2,1H3. The zero-order valence-electron chi connectivity index (χ0n) is 7.41. The summed E-state index contributed by atoms with van der Waals surface area (Å²) in [5.74, 6) is -5.34. The molecule has 0 bridgehead atoms. The van der Waals surface area contributed by atoms with E-state index in [4.69, 9.17) is 0 Å².